The van der Waals surface area contributed by atoms with Crippen molar-refractivity contribution in [1.29, 1.82) is 0 Å². The van der Waals surface area contributed by atoms with Crippen molar-refractivity contribution < 1.29 is 9.32 Å². The Hall–Kier alpha value is -3.15. The number of primary amides is 1. The fourth-order valence-corrected chi connectivity index (χ4v) is 3.74. The summed E-state index contributed by atoms with van der Waals surface area (Å²) < 4.78 is 5.48. The number of anilines is 1. The molecule has 0 saturated heterocycles. The first-order valence-corrected chi connectivity index (χ1v) is 9.12. The van der Waals surface area contributed by atoms with Crippen LogP contribution in [0.4, 0.5) is 5.69 Å². The number of benzene rings is 2. The zero-order chi connectivity index (χ0) is 18.8. The Labute approximate surface area is 158 Å². The number of hydrogen-bond acceptors (Lipinski definition) is 5. The van der Waals surface area contributed by atoms with E-state index >= 15 is 0 Å². The summed E-state index contributed by atoms with van der Waals surface area (Å²) in [5.41, 5.74) is 8.73. The molecule has 6 nitrogen and oxygen atoms in total. The van der Waals surface area contributed by atoms with Gasteiger partial charge in [0.05, 0.1) is 12.5 Å². The number of carbonyl (C=O) groups excluding carboxylic acids is 1. The molecule has 0 spiro atoms. The molecule has 27 heavy (non-hydrogen) atoms. The lowest BCUT2D eigenvalue weighted by Crippen LogP contribution is -2.41. The Morgan fingerprint density at radius 1 is 1.19 bits per heavy atom. The molecule has 0 fully saturated rings. The van der Waals surface area contributed by atoms with Crippen molar-refractivity contribution in [2.45, 2.75) is 38.3 Å². The molecule has 0 aliphatic carbocycles. The van der Waals surface area contributed by atoms with Crippen molar-refractivity contribution in [3.8, 4) is 0 Å². The first-order valence-electron chi connectivity index (χ1n) is 9.12. The van der Waals surface area contributed by atoms with Gasteiger partial charge in [-0.15, -0.1) is 0 Å². The number of rotatable bonds is 5. The molecule has 1 aliphatic heterocycles. The van der Waals surface area contributed by atoms with Crippen LogP contribution in [0.5, 0.6) is 0 Å². The predicted molar refractivity (Wildman–Crippen MR) is 102 cm³/mol. The zero-order valence-corrected chi connectivity index (χ0v) is 15.2. The lowest BCUT2D eigenvalue weighted by Gasteiger charge is -2.39. The average Bonchev–Trinajstić information content (AvgIpc) is 3.11. The van der Waals surface area contributed by atoms with E-state index in [1.165, 1.54) is 0 Å². The molecule has 1 amide bonds. The fraction of sp³-hybridized carbons (Fsp3) is 0.286. The van der Waals surface area contributed by atoms with Crippen molar-refractivity contribution in [3.63, 3.8) is 0 Å². The highest BCUT2D eigenvalue weighted by molar-refractivity contribution is 5.85. The first-order chi connectivity index (χ1) is 13.1. The number of nitrogens with zero attached hydrogens (tertiary/aromatic N) is 3. The Morgan fingerprint density at radius 2 is 1.93 bits per heavy atom. The fourth-order valence-electron chi connectivity index (χ4n) is 3.74. The van der Waals surface area contributed by atoms with Crippen LogP contribution in [0.15, 0.2) is 59.1 Å². The summed E-state index contributed by atoms with van der Waals surface area (Å²) in [6.45, 7) is 2.60. The van der Waals surface area contributed by atoms with Gasteiger partial charge in [-0.3, -0.25) is 4.79 Å². The molecule has 2 atom stereocenters. The summed E-state index contributed by atoms with van der Waals surface area (Å²) in [4.78, 5) is 18.6. The van der Waals surface area contributed by atoms with Crippen LogP contribution >= 0.6 is 0 Å². The standard InChI is InChI=1S/C21H22N4O2/c1-14-11-17(21(22)26)16-9-5-6-10-18(16)25(14)13-20-23-19(24-27-20)12-15-7-3-2-4-8-15/h2-10,14,17H,11-13H2,1H3,(H2,22,26). The summed E-state index contributed by atoms with van der Waals surface area (Å²) in [5.74, 6) is 0.699. The molecular weight excluding hydrogens is 340 g/mol. The minimum atomic E-state index is -0.281. The minimum absolute atomic E-state index is 0.141. The van der Waals surface area contributed by atoms with Crippen molar-refractivity contribution >= 4 is 11.6 Å². The second-order valence-electron chi connectivity index (χ2n) is 6.99. The quantitative estimate of drug-likeness (QED) is 0.754. The minimum Gasteiger partial charge on any atom is -0.369 e. The molecule has 3 aromatic rings. The Kier molecular flexibility index (Phi) is 4.62. The Bertz CT molecular complexity index is 938. The third-order valence-electron chi connectivity index (χ3n) is 5.09. The summed E-state index contributed by atoms with van der Waals surface area (Å²) >= 11 is 0. The highest BCUT2D eigenvalue weighted by Crippen LogP contribution is 2.38. The van der Waals surface area contributed by atoms with Gasteiger partial charge in [-0.2, -0.15) is 4.98 Å². The maximum absolute atomic E-state index is 11.9. The van der Waals surface area contributed by atoms with Crippen LogP contribution in [0.25, 0.3) is 0 Å². The average molecular weight is 362 g/mol. The van der Waals surface area contributed by atoms with Crippen LogP contribution in [0, 0.1) is 0 Å². The van der Waals surface area contributed by atoms with E-state index in [-0.39, 0.29) is 17.9 Å². The summed E-state index contributed by atoms with van der Waals surface area (Å²) in [6.07, 6.45) is 1.32. The number of fused-ring (bicyclic) bond motifs is 1. The normalized spacial score (nSPS) is 18.9. The highest BCUT2D eigenvalue weighted by Gasteiger charge is 2.33. The summed E-state index contributed by atoms with van der Waals surface area (Å²) in [5, 5.41) is 4.11. The highest BCUT2D eigenvalue weighted by atomic mass is 16.5. The second-order valence-corrected chi connectivity index (χ2v) is 6.99. The monoisotopic (exact) mass is 362 g/mol. The Balaban J connectivity index is 1.55. The van der Waals surface area contributed by atoms with Crippen LogP contribution in [0.1, 0.15) is 42.1 Å². The van der Waals surface area contributed by atoms with E-state index in [1.54, 1.807) is 0 Å². The van der Waals surface area contributed by atoms with Gasteiger partial charge in [0.2, 0.25) is 11.8 Å². The van der Waals surface area contributed by atoms with E-state index in [9.17, 15) is 4.79 Å². The van der Waals surface area contributed by atoms with Gasteiger partial charge >= 0.3 is 0 Å². The Morgan fingerprint density at radius 3 is 2.70 bits per heavy atom. The van der Waals surface area contributed by atoms with Crippen molar-refractivity contribution in [2.24, 2.45) is 5.73 Å². The summed E-state index contributed by atoms with van der Waals surface area (Å²) in [7, 11) is 0. The smallest absolute Gasteiger partial charge is 0.246 e. The zero-order valence-electron chi connectivity index (χ0n) is 15.2. The molecule has 0 bridgehead atoms. The maximum atomic E-state index is 11.9. The van der Waals surface area contributed by atoms with Crippen LogP contribution in [-0.2, 0) is 17.8 Å². The van der Waals surface area contributed by atoms with Crippen LogP contribution in [-0.4, -0.2) is 22.1 Å². The molecule has 2 heterocycles. The van der Waals surface area contributed by atoms with Gasteiger partial charge < -0.3 is 15.2 Å². The third-order valence-corrected chi connectivity index (χ3v) is 5.09. The van der Waals surface area contributed by atoms with Crippen molar-refractivity contribution in [2.75, 3.05) is 4.90 Å². The molecule has 4 rings (SSSR count). The second kappa shape index (κ2) is 7.23. The van der Waals surface area contributed by atoms with Gasteiger partial charge in [-0.05, 0) is 30.5 Å². The largest absolute Gasteiger partial charge is 0.369 e. The van der Waals surface area contributed by atoms with E-state index in [0.717, 1.165) is 16.8 Å². The molecule has 2 N–H and O–H groups in total. The molecule has 138 valence electrons. The van der Waals surface area contributed by atoms with Crippen LogP contribution in [0.3, 0.4) is 0 Å². The van der Waals surface area contributed by atoms with Crippen LogP contribution < -0.4 is 10.6 Å². The van der Waals surface area contributed by atoms with Gasteiger partial charge in [0.15, 0.2) is 5.82 Å². The third kappa shape index (κ3) is 3.56. The van der Waals surface area contributed by atoms with Crippen molar-refractivity contribution in [1.82, 2.24) is 10.1 Å². The predicted octanol–water partition coefficient (Wildman–Crippen LogP) is 3.03. The number of para-hydroxylation sites is 1. The maximum Gasteiger partial charge on any atom is 0.246 e. The lowest BCUT2D eigenvalue weighted by atomic mass is 9.85. The van der Waals surface area contributed by atoms with Crippen molar-refractivity contribution in [3.05, 3.63) is 77.4 Å². The van der Waals surface area contributed by atoms with Gasteiger partial charge in [0, 0.05) is 18.2 Å². The van der Waals surface area contributed by atoms with Gasteiger partial charge in [0.1, 0.15) is 0 Å². The molecule has 1 aromatic heterocycles. The first kappa shape index (κ1) is 17.3. The topological polar surface area (TPSA) is 85.3 Å². The molecule has 0 saturated carbocycles. The number of carbonyl (C=O) groups is 1. The number of nitrogens with two attached hydrogens (primary N) is 1. The van der Waals surface area contributed by atoms with Gasteiger partial charge in [-0.25, -0.2) is 0 Å². The van der Waals surface area contributed by atoms with E-state index in [4.69, 9.17) is 10.3 Å². The molecule has 2 aromatic carbocycles. The molecule has 1 aliphatic rings. The molecule has 0 radical (unpaired) electrons. The molecule has 6 heteroatoms. The van der Waals surface area contributed by atoms with Gasteiger partial charge in [0.25, 0.3) is 0 Å². The number of aromatic nitrogens is 2. The SMILES string of the molecule is CC1CC(C(N)=O)c2ccccc2N1Cc1nc(Cc2ccccc2)no1. The summed E-state index contributed by atoms with van der Waals surface area (Å²) in [6, 6.07) is 18.1. The van der Waals surface area contributed by atoms with E-state index in [1.807, 2.05) is 54.6 Å². The number of amides is 1. The number of hydrogen-bond donors (Lipinski definition) is 1. The molecular formula is C21H22N4O2. The van der Waals surface area contributed by atoms with E-state index in [0.29, 0.717) is 31.1 Å². The van der Waals surface area contributed by atoms with Crippen LogP contribution in [0.2, 0.25) is 0 Å². The van der Waals surface area contributed by atoms with E-state index in [2.05, 4.69) is 22.0 Å². The molecule has 2 unspecified atom stereocenters. The van der Waals surface area contributed by atoms with E-state index < -0.39 is 0 Å². The van der Waals surface area contributed by atoms with Gasteiger partial charge in [-0.1, -0.05) is 53.7 Å². The lowest BCUT2D eigenvalue weighted by molar-refractivity contribution is -0.119.